The average Bonchev–Trinajstić information content (AvgIpc) is 2.77. The van der Waals surface area contributed by atoms with Gasteiger partial charge >= 0.3 is 0 Å². The number of methoxy groups -OCH3 is 1. The van der Waals surface area contributed by atoms with Gasteiger partial charge < -0.3 is 14.8 Å². The van der Waals surface area contributed by atoms with Gasteiger partial charge in [0.15, 0.2) is 11.5 Å². The van der Waals surface area contributed by atoms with Crippen molar-refractivity contribution in [2.45, 2.75) is 31.9 Å². The van der Waals surface area contributed by atoms with Crippen molar-refractivity contribution in [3.63, 3.8) is 0 Å². The highest BCUT2D eigenvalue weighted by Crippen LogP contribution is 2.29. The number of nitrogens with one attached hydrogen (secondary N) is 1. The van der Waals surface area contributed by atoms with Gasteiger partial charge in [-0.25, -0.2) is 0 Å². The van der Waals surface area contributed by atoms with Crippen LogP contribution in [0.1, 0.15) is 22.3 Å². The number of carbonyl (C=O) groups excluding carboxylic acids is 1. The molecule has 6 heteroatoms. The fourth-order valence-corrected chi connectivity index (χ4v) is 3.79. The van der Waals surface area contributed by atoms with Gasteiger partial charge in [0, 0.05) is 23.8 Å². The number of benzene rings is 2. The largest absolute Gasteiger partial charge is 0.493 e. The van der Waals surface area contributed by atoms with Crippen LogP contribution in [0.15, 0.2) is 65.8 Å². The van der Waals surface area contributed by atoms with Crippen LogP contribution in [-0.2, 0) is 17.9 Å². The van der Waals surface area contributed by atoms with Crippen molar-refractivity contribution in [3.05, 3.63) is 83.2 Å². The lowest BCUT2D eigenvalue weighted by Crippen LogP contribution is -2.24. The summed E-state index contributed by atoms with van der Waals surface area (Å²) < 4.78 is 11.3. The van der Waals surface area contributed by atoms with E-state index in [4.69, 9.17) is 9.47 Å². The van der Waals surface area contributed by atoms with Crippen LogP contribution in [0.3, 0.4) is 0 Å². The Morgan fingerprint density at radius 1 is 1.00 bits per heavy atom. The van der Waals surface area contributed by atoms with Crippen LogP contribution >= 0.6 is 11.8 Å². The number of carbonyl (C=O) groups is 1. The molecule has 0 bridgehead atoms. The molecule has 1 heterocycles. The van der Waals surface area contributed by atoms with Crippen LogP contribution in [0.4, 0.5) is 0 Å². The van der Waals surface area contributed by atoms with Gasteiger partial charge in [-0.05, 0) is 60.9 Å². The molecule has 3 aromatic rings. The van der Waals surface area contributed by atoms with E-state index in [-0.39, 0.29) is 5.91 Å². The molecule has 0 unspecified atom stereocenters. The van der Waals surface area contributed by atoms with Crippen molar-refractivity contribution in [1.82, 2.24) is 10.3 Å². The Morgan fingerprint density at radius 2 is 1.80 bits per heavy atom. The molecular formula is C24H26N2O3S. The van der Waals surface area contributed by atoms with E-state index in [1.54, 1.807) is 31.3 Å². The highest BCUT2D eigenvalue weighted by molar-refractivity contribution is 8.00. The Balaban J connectivity index is 1.52. The Labute approximate surface area is 181 Å². The van der Waals surface area contributed by atoms with Crippen LogP contribution in [-0.4, -0.2) is 23.8 Å². The molecule has 0 saturated carbocycles. The SMILES string of the molecule is COc1cc(CNC(=O)CSc2cc(C)ccc2C)ccc1OCc1ccncc1. The zero-order valence-electron chi connectivity index (χ0n) is 17.5. The summed E-state index contributed by atoms with van der Waals surface area (Å²) in [5.74, 6) is 1.68. The summed E-state index contributed by atoms with van der Waals surface area (Å²) in [6.07, 6.45) is 3.47. The second-order valence-electron chi connectivity index (χ2n) is 6.96. The zero-order valence-corrected chi connectivity index (χ0v) is 18.3. The van der Waals surface area contributed by atoms with Gasteiger partial charge in [0.05, 0.1) is 12.9 Å². The number of hydrogen-bond acceptors (Lipinski definition) is 5. The smallest absolute Gasteiger partial charge is 0.230 e. The highest BCUT2D eigenvalue weighted by Gasteiger charge is 2.09. The van der Waals surface area contributed by atoms with Crippen molar-refractivity contribution in [1.29, 1.82) is 0 Å². The minimum Gasteiger partial charge on any atom is -0.493 e. The van der Waals surface area contributed by atoms with Crippen molar-refractivity contribution in [2.24, 2.45) is 0 Å². The van der Waals surface area contributed by atoms with E-state index in [0.717, 1.165) is 16.0 Å². The minimum absolute atomic E-state index is 0.00196. The number of pyridine rings is 1. The predicted molar refractivity (Wildman–Crippen MR) is 120 cm³/mol. The number of ether oxygens (including phenoxy) is 2. The number of rotatable bonds is 9. The van der Waals surface area contributed by atoms with Gasteiger partial charge in [0.2, 0.25) is 5.91 Å². The van der Waals surface area contributed by atoms with Crippen molar-refractivity contribution in [2.75, 3.05) is 12.9 Å². The molecule has 30 heavy (non-hydrogen) atoms. The molecule has 0 radical (unpaired) electrons. The Bertz CT molecular complexity index is 993. The van der Waals surface area contributed by atoms with Crippen molar-refractivity contribution < 1.29 is 14.3 Å². The Hall–Kier alpha value is -2.99. The van der Waals surface area contributed by atoms with E-state index >= 15 is 0 Å². The molecule has 2 aromatic carbocycles. The van der Waals surface area contributed by atoms with Gasteiger partial charge in [-0.3, -0.25) is 9.78 Å². The second kappa shape index (κ2) is 10.7. The van der Waals surface area contributed by atoms with E-state index in [1.807, 2.05) is 30.3 Å². The second-order valence-corrected chi connectivity index (χ2v) is 7.98. The maximum absolute atomic E-state index is 12.3. The molecule has 1 aromatic heterocycles. The summed E-state index contributed by atoms with van der Waals surface area (Å²) in [6, 6.07) is 15.8. The third kappa shape index (κ3) is 6.26. The molecule has 0 aliphatic heterocycles. The standard InChI is InChI=1S/C24H26N2O3S/c1-17-4-5-18(2)23(12-17)30-16-24(27)26-14-20-6-7-21(22(13-20)28-3)29-15-19-8-10-25-11-9-19/h4-13H,14-16H2,1-3H3,(H,26,27). The van der Waals surface area contributed by atoms with E-state index in [2.05, 4.69) is 42.3 Å². The van der Waals surface area contributed by atoms with Gasteiger partial charge in [0.1, 0.15) is 6.61 Å². The van der Waals surface area contributed by atoms with Crippen LogP contribution < -0.4 is 14.8 Å². The first kappa shape index (κ1) is 21.7. The fraction of sp³-hybridized carbons (Fsp3) is 0.250. The lowest BCUT2D eigenvalue weighted by Gasteiger charge is -2.13. The molecule has 0 aliphatic rings. The van der Waals surface area contributed by atoms with Gasteiger partial charge in [0.25, 0.3) is 0 Å². The van der Waals surface area contributed by atoms with Crippen LogP contribution in [0, 0.1) is 13.8 Å². The van der Waals surface area contributed by atoms with Crippen molar-refractivity contribution >= 4 is 17.7 Å². The Morgan fingerprint density at radius 3 is 2.57 bits per heavy atom. The van der Waals surface area contributed by atoms with Crippen molar-refractivity contribution in [3.8, 4) is 11.5 Å². The van der Waals surface area contributed by atoms with Crippen LogP contribution in [0.2, 0.25) is 0 Å². The molecular weight excluding hydrogens is 396 g/mol. The number of amides is 1. The quantitative estimate of drug-likeness (QED) is 0.507. The number of aryl methyl sites for hydroxylation is 2. The first-order chi connectivity index (χ1) is 14.5. The van der Waals surface area contributed by atoms with Gasteiger partial charge in [-0.15, -0.1) is 11.8 Å². The van der Waals surface area contributed by atoms with E-state index in [0.29, 0.717) is 30.4 Å². The summed E-state index contributed by atoms with van der Waals surface area (Å²) in [6.45, 7) is 4.99. The number of nitrogens with zero attached hydrogens (tertiary/aromatic N) is 1. The first-order valence-electron chi connectivity index (χ1n) is 9.70. The fourth-order valence-electron chi connectivity index (χ4n) is 2.84. The molecule has 3 rings (SSSR count). The molecule has 0 atom stereocenters. The topological polar surface area (TPSA) is 60.5 Å². The number of hydrogen-bond donors (Lipinski definition) is 1. The van der Waals surface area contributed by atoms with Gasteiger partial charge in [-0.2, -0.15) is 0 Å². The monoisotopic (exact) mass is 422 g/mol. The zero-order chi connectivity index (χ0) is 21.3. The molecule has 0 spiro atoms. The summed E-state index contributed by atoms with van der Waals surface area (Å²) >= 11 is 1.56. The molecule has 1 amide bonds. The first-order valence-corrected chi connectivity index (χ1v) is 10.7. The van der Waals surface area contributed by atoms with Crippen LogP contribution in [0.5, 0.6) is 11.5 Å². The molecule has 5 nitrogen and oxygen atoms in total. The minimum atomic E-state index is -0.00196. The summed E-state index contributed by atoms with van der Waals surface area (Å²) in [7, 11) is 1.61. The third-order valence-electron chi connectivity index (χ3n) is 4.56. The maximum Gasteiger partial charge on any atom is 0.230 e. The molecule has 0 fully saturated rings. The molecule has 156 valence electrons. The van der Waals surface area contributed by atoms with E-state index in [9.17, 15) is 4.79 Å². The number of aromatic nitrogens is 1. The van der Waals surface area contributed by atoms with E-state index in [1.165, 1.54) is 11.1 Å². The summed E-state index contributed by atoms with van der Waals surface area (Å²) in [4.78, 5) is 17.4. The molecule has 0 aliphatic carbocycles. The normalized spacial score (nSPS) is 10.5. The Kier molecular flexibility index (Phi) is 7.74. The van der Waals surface area contributed by atoms with Gasteiger partial charge in [-0.1, -0.05) is 23.8 Å². The lowest BCUT2D eigenvalue weighted by atomic mass is 10.2. The number of thioether (sulfide) groups is 1. The summed E-state index contributed by atoms with van der Waals surface area (Å²) in [5.41, 5.74) is 4.37. The maximum atomic E-state index is 12.3. The molecule has 0 saturated heterocycles. The van der Waals surface area contributed by atoms with E-state index < -0.39 is 0 Å². The highest BCUT2D eigenvalue weighted by atomic mass is 32.2. The average molecular weight is 423 g/mol. The molecule has 1 N–H and O–H groups in total. The lowest BCUT2D eigenvalue weighted by molar-refractivity contribution is -0.118. The predicted octanol–water partition coefficient (Wildman–Crippen LogP) is 4.69. The third-order valence-corrected chi connectivity index (χ3v) is 5.72. The summed E-state index contributed by atoms with van der Waals surface area (Å²) in [5, 5.41) is 2.97. The van der Waals surface area contributed by atoms with Crippen LogP contribution in [0.25, 0.3) is 0 Å².